The smallest absolute Gasteiger partial charge is 0.273 e. The molecule has 124 valence electrons. The van der Waals surface area contributed by atoms with E-state index in [2.05, 4.69) is 15.4 Å². The van der Waals surface area contributed by atoms with Gasteiger partial charge in [-0.05, 0) is 18.2 Å². The molecule has 2 heterocycles. The van der Waals surface area contributed by atoms with Crippen LogP contribution in [0.1, 0.15) is 12.8 Å². The van der Waals surface area contributed by atoms with Gasteiger partial charge in [-0.25, -0.2) is 18.8 Å². The van der Waals surface area contributed by atoms with Crippen LogP contribution in [0.15, 0.2) is 28.7 Å². The van der Waals surface area contributed by atoms with Crippen LogP contribution in [0.5, 0.6) is 0 Å². The van der Waals surface area contributed by atoms with Crippen molar-refractivity contribution in [3.63, 3.8) is 0 Å². The number of amides is 2. The maximum atomic E-state index is 13.8. The van der Waals surface area contributed by atoms with E-state index in [4.69, 9.17) is 0 Å². The molecule has 0 saturated carbocycles. The Morgan fingerprint density at radius 3 is 2.88 bits per heavy atom. The fourth-order valence-electron chi connectivity index (χ4n) is 2.15. The molecule has 24 heavy (non-hydrogen) atoms. The highest BCUT2D eigenvalue weighted by molar-refractivity contribution is 7.14. The van der Waals surface area contributed by atoms with Crippen LogP contribution in [0, 0.1) is 11.6 Å². The third-order valence-electron chi connectivity index (χ3n) is 3.40. The Hall–Kier alpha value is -2.68. The number of hydrogen-bond donors (Lipinski definition) is 1. The number of benzene rings is 1. The molecule has 6 nitrogen and oxygen atoms in total. The van der Waals surface area contributed by atoms with Gasteiger partial charge < -0.3 is 0 Å². The van der Waals surface area contributed by atoms with E-state index in [0.717, 1.165) is 34.5 Å². The molecule has 1 N–H and O–H groups in total. The Kier molecular flexibility index (Phi) is 4.34. The number of carbonyl (C=O) groups excluding carboxylic acids is 2. The summed E-state index contributed by atoms with van der Waals surface area (Å²) in [5.74, 6) is -1.81. The quantitative estimate of drug-likeness (QED) is 0.925. The Labute approximate surface area is 139 Å². The molecule has 0 fully saturated rings. The fourth-order valence-corrected chi connectivity index (χ4v) is 2.86. The first-order chi connectivity index (χ1) is 11.4. The maximum absolute atomic E-state index is 13.8. The normalized spacial score (nSPS) is 14.5. The first-order valence-corrected chi connectivity index (χ1v) is 7.88. The lowest BCUT2D eigenvalue weighted by atomic mass is 10.1. The maximum Gasteiger partial charge on any atom is 0.273 e. The van der Waals surface area contributed by atoms with E-state index in [0.29, 0.717) is 0 Å². The van der Waals surface area contributed by atoms with Crippen molar-refractivity contribution in [3.8, 4) is 11.3 Å². The molecule has 0 atom stereocenters. The topological polar surface area (TPSA) is 74.7 Å². The van der Waals surface area contributed by atoms with Crippen LogP contribution in [0.4, 0.5) is 13.9 Å². The fraction of sp³-hybridized carbons (Fsp3) is 0.200. The average molecular weight is 350 g/mol. The number of anilines is 1. The van der Waals surface area contributed by atoms with Crippen molar-refractivity contribution in [1.29, 1.82) is 0 Å². The van der Waals surface area contributed by atoms with Crippen molar-refractivity contribution in [1.82, 2.24) is 9.99 Å². The zero-order valence-electron chi connectivity index (χ0n) is 12.5. The van der Waals surface area contributed by atoms with E-state index >= 15 is 0 Å². The monoisotopic (exact) mass is 350 g/mol. The highest BCUT2D eigenvalue weighted by atomic mass is 32.1. The predicted molar refractivity (Wildman–Crippen MR) is 85.5 cm³/mol. The first-order valence-electron chi connectivity index (χ1n) is 7.00. The molecule has 2 aromatic rings. The number of carbonyl (C=O) groups is 2. The lowest BCUT2D eigenvalue weighted by Gasteiger charge is -2.18. The Balaban J connectivity index is 1.77. The van der Waals surface area contributed by atoms with Gasteiger partial charge in [-0.1, -0.05) is 0 Å². The zero-order valence-corrected chi connectivity index (χ0v) is 13.4. The van der Waals surface area contributed by atoms with E-state index in [-0.39, 0.29) is 40.8 Å². The van der Waals surface area contributed by atoms with E-state index in [1.165, 1.54) is 12.4 Å². The SMILES string of the molecule is CN1N=C(C(=O)Nc2nc(-c3cc(F)ccc3F)cs2)CCC1=O. The summed E-state index contributed by atoms with van der Waals surface area (Å²) in [5.41, 5.74) is 0.461. The molecule has 0 bridgehead atoms. The second kappa shape index (κ2) is 6.44. The highest BCUT2D eigenvalue weighted by Gasteiger charge is 2.22. The summed E-state index contributed by atoms with van der Waals surface area (Å²) >= 11 is 1.08. The van der Waals surface area contributed by atoms with Crippen LogP contribution < -0.4 is 5.32 Å². The summed E-state index contributed by atoms with van der Waals surface area (Å²) in [6, 6.07) is 3.08. The summed E-state index contributed by atoms with van der Waals surface area (Å²) in [6.45, 7) is 0. The minimum Gasteiger partial charge on any atom is -0.297 e. The molecule has 9 heteroatoms. The molecule has 0 aliphatic carbocycles. The van der Waals surface area contributed by atoms with Gasteiger partial charge in [-0.2, -0.15) is 5.10 Å². The van der Waals surface area contributed by atoms with Gasteiger partial charge in [0.1, 0.15) is 17.3 Å². The Bertz CT molecular complexity index is 850. The van der Waals surface area contributed by atoms with Crippen LogP contribution in [-0.4, -0.2) is 34.6 Å². The molecule has 2 amide bonds. The van der Waals surface area contributed by atoms with Crippen molar-refractivity contribution in [2.24, 2.45) is 5.10 Å². The number of nitrogens with zero attached hydrogens (tertiary/aromatic N) is 3. The molecular formula is C15H12F2N4O2S. The van der Waals surface area contributed by atoms with E-state index in [1.807, 2.05) is 0 Å². The van der Waals surface area contributed by atoms with Gasteiger partial charge in [0.2, 0.25) is 5.91 Å². The molecule has 0 radical (unpaired) electrons. The average Bonchev–Trinajstić information content (AvgIpc) is 3.00. The van der Waals surface area contributed by atoms with Crippen LogP contribution in [0.25, 0.3) is 11.3 Å². The second-order valence-electron chi connectivity index (χ2n) is 5.08. The lowest BCUT2D eigenvalue weighted by Crippen LogP contribution is -2.34. The molecule has 0 spiro atoms. The number of hydrogen-bond acceptors (Lipinski definition) is 5. The van der Waals surface area contributed by atoms with Crippen LogP contribution >= 0.6 is 11.3 Å². The van der Waals surface area contributed by atoms with E-state index < -0.39 is 17.5 Å². The number of rotatable bonds is 3. The molecule has 0 unspecified atom stereocenters. The number of aromatic nitrogens is 1. The zero-order chi connectivity index (χ0) is 17.3. The summed E-state index contributed by atoms with van der Waals surface area (Å²) in [7, 11) is 1.48. The summed E-state index contributed by atoms with van der Waals surface area (Å²) in [5, 5.41) is 9.34. The van der Waals surface area contributed by atoms with E-state index in [1.54, 1.807) is 0 Å². The van der Waals surface area contributed by atoms with Gasteiger partial charge in [0.05, 0.1) is 5.69 Å². The van der Waals surface area contributed by atoms with Gasteiger partial charge in [-0.3, -0.25) is 14.9 Å². The molecule has 0 saturated heterocycles. The van der Waals surface area contributed by atoms with Crippen molar-refractivity contribution in [3.05, 3.63) is 35.2 Å². The lowest BCUT2D eigenvalue weighted by molar-refractivity contribution is -0.130. The standard InChI is InChI=1S/C15H12F2N4O2S/c1-21-13(22)5-4-11(20-21)14(23)19-15-18-12(7-24-15)9-6-8(16)2-3-10(9)17/h2-3,6-7H,4-5H2,1H3,(H,18,19,23). The van der Waals surface area contributed by atoms with Crippen molar-refractivity contribution in [2.75, 3.05) is 12.4 Å². The number of thiazole rings is 1. The number of hydrazone groups is 1. The number of nitrogens with one attached hydrogen (secondary N) is 1. The van der Waals surface area contributed by atoms with Gasteiger partial charge in [0.15, 0.2) is 5.13 Å². The summed E-state index contributed by atoms with van der Waals surface area (Å²) in [6.07, 6.45) is 0.451. The minimum atomic E-state index is -0.601. The predicted octanol–water partition coefficient (Wildman–Crippen LogP) is 2.64. The molecular weight excluding hydrogens is 338 g/mol. The third-order valence-corrected chi connectivity index (χ3v) is 4.16. The minimum absolute atomic E-state index is 0.0204. The van der Waals surface area contributed by atoms with Crippen LogP contribution in [-0.2, 0) is 9.59 Å². The Morgan fingerprint density at radius 2 is 2.12 bits per heavy atom. The molecule has 1 aromatic carbocycles. The van der Waals surface area contributed by atoms with Gasteiger partial charge in [0.25, 0.3) is 5.91 Å². The summed E-state index contributed by atoms with van der Waals surface area (Å²) < 4.78 is 27.0. The molecule has 1 aromatic heterocycles. The van der Waals surface area contributed by atoms with Crippen molar-refractivity contribution < 1.29 is 18.4 Å². The number of halogens is 2. The molecule has 3 rings (SSSR count). The summed E-state index contributed by atoms with van der Waals surface area (Å²) in [4.78, 5) is 27.6. The molecule has 1 aliphatic heterocycles. The van der Waals surface area contributed by atoms with Crippen LogP contribution in [0.3, 0.4) is 0 Å². The van der Waals surface area contributed by atoms with Gasteiger partial charge >= 0.3 is 0 Å². The van der Waals surface area contributed by atoms with Gasteiger partial charge in [-0.15, -0.1) is 11.3 Å². The molecule has 1 aliphatic rings. The van der Waals surface area contributed by atoms with Gasteiger partial charge in [0, 0.05) is 30.8 Å². The highest BCUT2D eigenvalue weighted by Crippen LogP contribution is 2.27. The third kappa shape index (κ3) is 3.30. The van der Waals surface area contributed by atoms with E-state index in [9.17, 15) is 18.4 Å². The largest absolute Gasteiger partial charge is 0.297 e. The van der Waals surface area contributed by atoms with Crippen molar-refractivity contribution >= 4 is 34.0 Å². The first kappa shape index (κ1) is 16.2. The van der Waals surface area contributed by atoms with Crippen LogP contribution in [0.2, 0.25) is 0 Å². The van der Waals surface area contributed by atoms with Crippen molar-refractivity contribution in [2.45, 2.75) is 12.8 Å². The Morgan fingerprint density at radius 1 is 1.33 bits per heavy atom. The second-order valence-corrected chi connectivity index (χ2v) is 5.94.